The highest BCUT2D eigenvalue weighted by Gasteiger charge is 2.37. The van der Waals surface area contributed by atoms with Gasteiger partial charge in [0, 0.05) is 12.0 Å². The largest absolute Gasteiger partial charge is 0.486 e. The van der Waals surface area contributed by atoms with Crippen molar-refractivity contribution in [2.45, 2.75) is 57.4 Å². The van der Waals surface area contributed by atoms with Gasteiger partial charge < -0.3 is 20.1 Å². The van der Waals surface area contributed by atoms with E-state index in [2.05, 4.69) is 22.8 Å². The van der Waals surface area contributed by atoms with E-state index in [0.29, 0.717) is 19.8 Å². The third-order valence-electron chi connectivity index (χ3n) is 6.79. The smallest absolute Gasteiger partial charge is 0.242 e. The summed E-state index contributed by atoms with van der Waals surface area (Å²) in [5.74, 6) is 1.28. The molecule has 6 nitrogen and oxygen atoms in total. The van der Waals surface area contributed by atoms with Crippen molar-refractivity contribution in [3.63, 3.8) is 0 Å². The molecule has 1 atom stereocenters. The molecule has 0 saturated heterocycles. The minimum absolute atomic E-state index is 0.0152. The molecule has 0 unspecified atom stereocenters. The molecule has 2 N–H and O–H groups in total. The molecule has 33 heavy (non-hydrogen) atoms. The standard InChI is InChI=1S/C27H34N2O4/c1-19(2)25(29-24(30)16-20-8-4-3-5-9-20)26(31)28-18-27(12-6-7-13-27)21-10-11-22-23(17-21)33-15-14-32-22/h3-5,8-11,17,19,25H,6-7,12-16,18H2,1-2H3,(H,28,31)(H,29,30)/t25-/m1/s1. The monoisotopic (exact) mass is 450 g/mol. The average Bonchev–Trinajstić information content (AvgIpc) is 3.31. The molecule has 1 aliphatic carbocycles. The maximum atomic E-state index is 13.2. The van der Waals surface area contributed by atoms with Crippen molar-refractivity contribution in [3.05, 3.63) is 59.7 Å². The Morgan fingerprint density at radius 2 is 1.67 bits per heavy atom. The number of rotatable bonds is 8. The van der Waals surface area contributed by atoms with Gasteiger partial charge in [0.25, 0.3) is 0 Å². The first kappa shape index (κ1) is 23.1. The van der Waals surface area contributed by atoms with Crippen LogP contribution in [0.15, 0.2) is 48.5 Å². The Morgan fingerprint density at radius 1 is 0.970 bits per heavy atom. The van der Waals surface area contributed by atoms with E-state index < -0.39 is 6.04 Å². The van der Waals surface area contributed by atoms with Crippen molar-refractivity contribution in [2.24, 2.45) is 5.92 Å². The molecule has 2 amide bonds. The normalized spacial score (nSPS) is 17.4. The molecule has 1 saturated carbocycles. The Hall–Kier alpha value is -3.02. The van der Waals surface area contributed by atoms with Gasteiger partial charge in [-0.2, -0.15) is 0 Å². The van der Waals surface area contributed by atoms with Crippen molar-refractivity contribution in [3.8, 4) is 11.5 Å². The van der Waals surface area contributed by atoms with Crippen LogP contribution < -0.4 is 20.1 Å². The summed E-state index contributed by atoms with van der Waals surface area (Å²) >= 11 is 0. The molecular formula is C27H34N2O4. The molecule has 2 aromatic rings. The zero-order chi connectivity index (χ0) is 23.3. The van der Waals surface area contributed by atoms with E-state index in [1.54, 1.807) is 0 Å². The fraction of sp³-hybridized carbons (Fsp3) is 0.481. The first-order valence-electron chi connectivity index (χ1n) is 12.0. The zero-order valence-electron chi connectivity index (χ0n) is 19.6. The average molecular weight is 451 g/mol. The highest BCUT2D eigenvalue weighted by atomic mass is 16.6. The summed E-state index contributed by atoms with van der Waals surface area (Å²) in [5, 5.41) is 6.11. The van der Waals surface area contributed by atoms with Gasteiger partial charge in [-0.25, -0.2) is 0 Å². The Balaban J connectivity index is 1.42. The number of hydrogen-bond donors (Lipinski definition) is 2. The van der Waals surface area contributed by atoms with E-state index in [4.69, 9.17) is 9.47 Å². The molecule has 4 rings (SSSR count). The summed E-state index contributed by atoms with van der Waals surface area (Å²) in [5.41, 5.74) is 1.99. The van der Waals surface area contributed by atoms with Gasteiger partial charge >= 0.3 is 0 Å². The molecule has 1 heterocycles. The van der Waals surface area contributed by atoms with Crippen molar-refractivity contribution < 1.29 is 19.1 Å². The SMILES string of the molecule is CC(C)[C@@H](NC(=O)Cc1ccccc1)C(=O)NCC1(c2ccc3c(c2)OCCO3)CCCC1. The number of carbonyl (C=O) groups excluding carboxylic acids is 2. The van der Waals surface area contributed by atoms with E-state index in [9.17, 15) is 9.59 Å². The Kier molecular flexibility index (Phi) is 7.21. The number of nitrogens with one attached hydrogen (secondary N) is 2. The summed E-state index contributed by atoms with van der Waals surface area (Å²) in [6.45, 7) is 5.58. The van der Waals surface area contributed by atoms with Gasteiger partial charge in [0.1, 0.15) is 19.3 Å². The fourth-order valence-electron chi connectivity index (χ4n) is 4.90. The van der Waals surface area contributed by atoms with Crippen LogP contribution in [0.4, 0.5) is 0 Å². The lowest BCUT2D eigenvalue weighted by Gasteiger charge is -2.32. The molecule has 1 aliphatic heterocycles. The number of fused-ring (bicyclic) bond motifs is 1. The summed E-state index contributed by atoms with van der Waals surface area (Å²) in [7, 11) is 0. The molecule has 1 fully saturated rings. The molecule has 2 aromatic carbocycles. The van der Waals surface area contributed by atoms with Crippen molar-refractivity contribution in [1.29, 1.82) is 0 Å². The lowest BCUT2D eigenvalue weighted by atomic mass is 9.78. The summed E-state index contributed by atoms with van der Waals surface area (Å²) in [6, 6.07) is 15.2. The lowest BCUT2D eigenvalue weighted by molar-refractivity contribution is -0.130. The summed E-state index contributed by atoms with van der Waals surface area (Å²) < 4.78 is 11.5. The predicted octanol–water partition coefficient (Wildman–Crippen LogP) is 3.77. The topological polar surface area (TPSA) is 76.7 Å². The summed E-state index contributed by atoms with van der Waals surface area (Å²) in [4.78, 5) is 25.8. The van der Waals surface area contributed by atoms with Crippen LogP contribution in [0.1, 0.15) is 50.7 Å². The number of ether oxygens (including phenoxy) is 2. The Labute approximate surface area is 196 Å². The van der Waals surface area contributed by atoms with Crippen LogP contribution in [0.25, 0.3) is 0 Å². The Morgan fingerprint density at radius 3 is 2.36 bits per heavy atom. The number of benzene rings is 2. The second-order valence-electron chi connectivity index (χ2n) is 9.52. The maximum absolute atomic E-state index is 13.2. The minimum atomic E-state index is -0.570. The Bertz CT molecular complexity index is 967. The van der Waals surface area contributed by atoms with Gasteiger partial charge in [0.05, 0.1) is 6.42 Å². The number of carbonyl (C=O) groups is 2. The molecule has 0 bridgehead atoms. The fourth-order valence-corrected chi connectivity index (χ4v) is 4.90. The van der Waals surface area contributed by atoms with Gasteiger partial charge in [0.2, 0.25) is 11.8 Å². The van der Waals surface area contributed by atoms with E-state index in [0.717, 1.165) is 42.7 Å². The second kappa shape index (κ2) is 10.3. The van der Waals surface area contributed by atoms with Crippen LogP contribution in [-0.4, -0.2) is 37.6 Å². The third kappa shape index (κ3) is 5.49. The molecule has 176 valence electrons. The molecule has 0 aromatic heterocycles. The van der Waals surface area contributed by atoms with Crippen molar-refractivity contribution in [2.75, 3.05) is 19.8 Å². The molecule has 2 aliphatic rings. The van der Waals surface area contributed by atoms with Crippen molar-refractivity contribution >= 4 is 11.8 Å². The van der Waals surface area contributed by atoms with Crippen LogP contribution >= 0.6 is 0 Å². The van der Waals surface area contributed by atoms with Gasteiger partial charge in [-0.3, -0.25) is 9.59 Å². The van der Waals surface area contributed by atoms with E-state index >= 15 is 0 Å². The highest BCUT2D eigenvalue weighted by Crippen LogP contribution is 2.43. The highest BCUT2D eigenvalue weighted by molar-refractivity contribution is 5.88. The van der Waals surface area contributed by atoms with Gasteiger partial charge in [-0.15, -0.1) is 0 Å². The quantitative estimate of drug-likeness (QED) is 0.642. The van der Waals surface area contributed by atoms with Crippen LogP contribution in [0.3, 0.4) is 0 Å². The first-order valence-corrected chi connectivity index (χ1v) is 12.0. The number of amides is 2. The third-order valence-corrected chi connectivity index (χ3v) is 6.79. The molecule has 0 radical (unpaired) electrons. The zero-order valence-corrected chi connectivity index (χ0v) is 19.6. The number of hydrogen-bond acceptors (Lipinski definition) is 4. The van der Waals surface area contributed by atoms with Gasteiger partial charge in [0.15, 0.2) is 11.5 Å². The van der Waals surface area contributed by atoms with Gasteiger partial charge in [-0.05, 0) is 42.0 Å². The van der Waals surface area contributed by atoms with Gasteiger partial charge in [-0.1, -0.05) is 63.1 Å². The maximum Gasteiger partial charge on any atom is 0.242 e. The van der Waals surface area contributed by atoms with Crippen LogP contribution in [-0.2, 0) is 21.4 Å². The van der Waals surface area contributed by atoms with E-state index in [1.807, 2.05) is 50.2 Å². The molecule has 6 heteroatoms. The summed E-state index contributed by atoms with van der Waals surface area (Å²) in [6.07, 6.45) is 4.55. The molecule has 0 spiro atoms. The van der Waals surface area contributed by atoms with E-state index in [1.165, 1.54) is 5.56 Å². The van der Waals surface area contributed by atoms with Crippen LogP contribution in [0.2, 0.25) is 0 Å². The molecular weight excluding hydrogens is 416 g/mol. The first-order chi connectivity index (χ1) is 16.0. The van der Waals surface area contributed by atoms with Crippen LogP contribution in [0.5, 0.6) is 11.5 Å². The van der Waals surface area contributed by atoms with Crippen LogP contribution in [0, 0.1) is 5.92 Å². The second-order valence-corrected chi connectivity index (χ2v) is 9.52. The van der Waals surface area contributed by atoms with E-state index in [-0.39, 0.29) is 29.6 Å². The minimum Gasteiger partial charge on any atom is -0.486 e. The predicted molar refractivity (Wildman–Crippen MR) is 128 cm³/mol. The lowest BCUT2D eigenvalue weighted by Crippen LogP contribution is -2.52. The van der Waals surface area contributed by atoms with Crippen molar-refractivity contribution in [1.82, 2.24) is 10.6 Å².